The average molecular weight is 679 g/mol. The molecule has 0 radical (unpaired) electrons. The molecule has 0 amide bonds. The van der Waals surface area contributed by atoms with Gasteiger partial charge in [0.2, 0.25) is 0 Å². The van der Waals surface area contributed by atoms with E-state index in [2.05, 4.69) is 0 Å². The van der Waals surface area contributed by atoms with Crippen molar-refractivity contribution in [2.45, 2.75) is 0 Å². The molecule has 11 rings (SSSR count). The van der Waals surface area contributed by atoms with Gasteiger partial charge in [0.15, 0.2) is 0 Å². The molecule has 8 aromatic carbocycles. The van der Waals surface area contributed by atoms with Crippen LogP contribution in [-0.2, 0) is 0 Å². The second-order valence-corrected chi connectivity index (χ2v) is 11.2. The predicted molar refractivity (Wildman–Crippen MR) is 213 cm³/mol. The molecule has 0 aliphatic carbocycles. The highest BCUT2D eigenvalue weighted by Crippen LogP contribution is 2.42. The van der Waals surface area contributed by atoms with Crippen molar-refractivity contribution in [2.75, 3.05) is 0 Å². The Balaban J connectivity index is 1.38. The van der Waals surface area contributed by atoms with E-state index in [9.17, 15) is 11.0 Å². The molecule has 0 unspecified atom stereocenters. The number of benzene rings is 8. The third-order valence-electron chi connectivity index (χ3n) is 8.47. The number of para-hydroxylation sites is 4. The summed E-state index contributed by atoms with van der Waals surface area (Å²) < 4.78 is 260. The van der Waals surface area contributed by atoms with Crippen LogP contribution in [0.3, 0.4) is 0 Å². The molecule has 238 valence electrons. The van der Waals surface area contributed by atoms with Crippen molar-refractivity contribution in [1.82, 2.24) is 9.13 Å². The minimum Gasteiger partial charge on any atom is -0.456 e. The van der Waals surface area contributed by atoms with E-state index in [1.165, 1.54) is 0 Å². The van der Waals surface area contributed by atoms with Gasteiger partial charge in [-0.05, 0) is 70.6 Å². The van der Waals surface area contributed by atoms with Crippen LogP contribution >= 0.6 is 0 Å². The Kier molecular flexibility index (Phi) is 2.59. The van der Waals surface area contributed by atoms with Crippen LogP contribution in [0.4, 0.5) is 0 Å². The molecule has 3 aromatic heterocycles. The number of fused-ring (bicyclic) bond motifs is 9. The van der Waals surface area contributed by atoms with Gasteiger partial charge in [0.25, 0.3) is 0 Å². The molecule has 0 aliphatic heterocycles. The molecule has 3 heterocycles. The maximum atomic E-state index is 10.1. The summed E-state index contributed by atoms with van der Waals surface area (Å²) >= 11 is 0. The number of aromatic nitrogens is 2. The van der Waals surface area contributed by atoms with Gasteiger partial charge in [0.05, 0.1) is 66.1 Å². The molecule has 0 N–H and O–H groups in total. The largest absolute Gasteiger partial charge is 0.456 e. The summed E-state index contributed by atoms with van der Waals surface area (Å²) in [5, 5.41) is -2.60. The molecule has 0 atom stereocenters. The van der Waals surface area contributed by atoms with Crippen LogP contribution in [0.5, 0.6) is 0 Å². The number of nitrogens with zero attached hydrogens (tertiary/aromatic N) is 2. The fourth-order valence-corrected chi connectivity index (χ4v) is 6.38. The normalized spacial score (nSPS) is 19.6. The van der Waals surface area contributed by atoms with Crippen LogP contribution in [0.25, 0.3) is 99.2 Å². The van der Waals surface area contributed by atoms with E-state index in [1.807, 2.05) is 0 Å². The summed E-state index contributed by atoms with van der Waals surface area (Å²) in [5.74, 6) is 0. The topological polar surface area (TPSA) is 23.0 Å². The summed E-state index contributed by atoms with van der Waals surface area (Å²) in [5.41, 5.74) is -7.16. The quantitative estimate of drug-likeness (QED) is 0.182. The summed E-state index contributed by atoms with van der Waals surface area (Å²) in [6, 6.07) is -21.6. The minimum absolute atomic E-state index is 0.321. The molecular formula is C48H30N2O. The summed E-state index contributed by atoms with van der Waals surface area (Å²) in [6.45, 7) is 0. The minimum atomic E-state index is -0.982. The third kappa shape index (κ3) is 4.19. The van der Waals surface area contributed by atoms with Crippen molar-refractivity contribution in [3.05, 3.63) is 181 Å². The van der Waals surface area contributed by atoms with Crippen LogP contribution in [0.15, 0.2) is 186 Å². The summed E-state index contributed by atoms with van der Waals surface area (Å²) in [6.07, 6.45) is 0. The zero-order chi connectivity index (χ0) is 57.8. The van der Waals surface area contributed by atoms with Crippen LogP contribution in [-0.4, -0.2) is 9.13 Å². The van der Waals surface area contributed by atoms with Gasteiger partial charge in [-0.15, -0.1) is 0 Å². The van der Waals surface area contributed by atoms with Crippen molar-refractivity contribution in [1.29, 1.82) is 0 Å². The van der Waals surface area contributed by atoms with Crippen LogP contribution < -0.4 is 0 Å². The lowest BCUT2D eigenvalue weighted by atomic mass is 9.98. The first-order valence-electron chi connectivity index (χ1n) is 29.2. The van der Waals surface area contributed by atoms with Crippen molar-refractivity contribution in [3.8, 4) is 33.6 Å². The van der Waals surface area contributed by atoms with Gasteiger partial charge in [-0.25, -0.2) is 0 Å². The van der Waals surface area contributed by atoms with Crippen molar-refractivity contribution < 1.29 is 42.8 Å². The fraction of sp³-hybridized carbons (Fsp3) is 0. The highest BCUT2D eigenvalue weighted by atomic mass is 16.3. The Morgan fingerprint density at radius 1 is 0.392 bits per heavy atom. The molecule has 0 bridgehead atoms. The predicted octanol–water partition coefficient (Wildman–Crippen LogP) is 13.1. The maximum absolute atomic E-state index is 10.1. The van der Waals surface area contributed by atoms with Crippen molar-refractivity contribution in [3.63, 3.8) is 0 Å². The average Bonchev–Trinajstić information content (AvgIpc) is 2.78. The monoisotopic (exact) mass is 678 g/mol. The molecule has 0 saturated carbocycles. The summed E-state index contributed by atoms with van der Waals surface area (Å²) in [4.78, 5) is 0. The number of furan rings is 1. The molecule has 3 nitrogen and oxygen atoms in total. The SMILES string of the molecule is [2H]c1cc2c(c([2H])c1[2H])c1c([2H])c([2H])c(-c3c([2H])c([2H])c4c5c([2H])c([2H])c([2H])c([2H])c5n(-c5c([2H])c([2H])c([2H])c([2H])c5[2H])c4c3[2H])c([2H])c1n2-c1cc2oc3c([2H])c([2H])c([2H])c([2H])c3c2c(-c2c([2H])c([2H])c([2H])c([2H])c2[2H])c1[2H]. The van der Waals surface area contributed by atoms with Gasteiger partial charge in [-0.1, -0.05) is 127 Å². The maximum Gasteiger partial charge on any atom is 0.138 e. The molecule has 11 aromatic rings. The number of hydrogen-bond donors (Lipinski definition) is 0. The van der Waals surface area contributed by atoms with E-state index in [4.69, 9.17) is 31.8 Å². The lowest BCUT2D eigenvalue weighted by molar-refractivity contribution is 0.668. The zero-order valence-electron chi connectivity index (χ0n) is 53.5. The van der Waals surface area contributed by atoms with Crippen LogP contribution in [0, 0.1) is 0 Å². The molecular weight excluding hydrogens is 621 g/mol. The molecule has 0 fully saturated rings. The lowest BCUT2D eigenvalue weighted by Crippen LogP contribution is -1.95. The molecule has 0 spiro atoms. The number of hydrogen-bond acceptors (Lipinski definition) is 1. The fourth-order valence-electron chi connectivity index (χ4n) is 6.38. The first-order valence-corrected chi connectivity index (χ1v) is 15.2. The van der Waals surface area contributed by atoms with E-state index in [1.54, 1.807) is 0 Å². The van der Waals surface area contributed by atoms with Gasteiger partial charge < -0.3 is 13.6 Å². The van der Waals surface area contributed by atoms with Gasteiger partial charge >= 0.3 is 0 Å². The number of rotatable bonds is 4. The second-order valence-electron chi connectivity index (χ2n) is 11.2. The second kappa shape index (κ2) is 10.8. The Bertz CT molecular complexity index is 4710. The molecule has 3 heteroatoms. The first kappa shape index (κ1) is 12.2. The van der Waals surface area contributed by atoms with E-state index in [0.29, 0.717) is 0 Å². The van der Waals surface area contributed by atoms with E-state index >= 15 is 0 Å². The van der Waals surface area contributed by atoms with Crippen molar-refractivity contribution in [2.24, 2.45) is 0 Å². The smallest absolute Gasteiger partial charge is 0.138 e. The molecule has 0 aliphatic rings. The van der Waals surface area contributed by atoms with Gasteiger partial charge in [0, 0.05) is 44.1 Å². The molecule has 51 heavy (non-hydrogen) atoms. The Hall–Kier alpha value is -6.84. The third-order valence-corrected chi connectivity index (χ3v) is 8.47. The molecule has 0 saturated heterocycles. The standard InChI is InChI=1S/C48H30N2O/c1-3-13-31(14-4-1)41-29-35(30-47-48(41)40-19-9-12-22-46(40)51-47)50-43-21-11-8-18-37(43)39-26-24-33(28-45(39)50)32-23-25-38-36-17-7-10-20-42(36)49(44(38)27-32)34-15-5-2-6-16-34/h1-30H/i1D,2D,3D,4D,5D,6D,7D,8D,9D,10D,11D,12D,13D,14D,15D,16D,17D,18D,19D,20D,22D,23D,24D,25D,26D,27D,28D,29D. The Morgan fingerprint density at radius 2 is 0.961 bits per heavy atom. The van der Waals surface area contributed by atoms with Gasteiger partial charge in [-0.2, -0.15) is 0 Å². The van der Waals surface area contributed by atoms with E-state index < -0.39 is 247 Å². The van der Waals surface area contributed by atoms with Crippen LogP contribution in [0.2, 0.25) is 0 Å². The van der Waals surface area contributed by atoms with E-state index in [-0.39, 0.29) is 21.7 Å². The van der Waals surface area contributed by atoms with Gasteiger partial charge in [-0.3, -0.25) is 0 Å². The van der Waals surface area contributed by atoms with E-state index in [0.717, 1.165) is 21.3 Å². The first-order chi connectivity index (χ1) is 36.9. The highest BCUT2D eigenvalue weighted by Gasteiger charge is 2.19. The summed E-state index contributed by atoms with van der Waals surface area (Å²) in [7, 11) is 0. The van der Waals surface area contributed by atoms with Crippen LogP contribution in [0.1, 0.15) is 38.4 Å². The Labute approximate surface area is 333 Å². The lowest BCUT2D eigenvalue weighted by Gasteiger charge is -2.13. The van der Waals surface area contributed by atoms with Gasteiger partial charge in [0.1, 0.15) is 11.2 Å². The zero-order valence-corrected chi connectivity index (χ0v) is 25.5. The Morgan fingerprint density at radius 3 is 1.71 bits per heavy atom. The highest BCUT2D eigenvalue weighted by molar-refractivity contribution is 6.15. The van der Waals surface area contributed by atoms with Crippen molar-refractivity contribution >= 4 is 65.6 Å².